The molecule has 0 unspecified atom stereocenters. The average Bonchev–Trinajstić information content (AvgIpc) is 2.59. The van der Waals surface area contributed by atoms with E-state index in [4.69, 9.17) is 4.74 Å². The lowest BCUT2D eigenvalue weighted by Crippen LogP contribution is -2.19. The van der Waals surface area contributed by atoms with Gasteiger partial charge in [0, 0.05) is 0 Å². The maximum atomic E-state index is 13.4. The molecule has 0 radical (unpaired) electrons. The van der Waals surface area contributed by atoms with E-state index in [1.54, 1.807) is 30.3 Å². The number of hydrogen-bond donors (Lipinski definition) is 2. The van der Waals surface area contributed by atoms with Crippen LogP contribution >= 0.6 is 11.8 Å². The van der Waals surface area contributed by atoms with Crippen molar-refractivity contribution in [3.05, 3.63) is 54.3 Å². The molecule has 0 atom stereocenters. The number of thioether (sulfide) groups is 1. The average molecular weight is 362 g/mol. The SMILES string of the molecule is CCOc1ccccc1NC(=O)CSCC(=O)Nc1ccccc1F. The molecule has 0 bridgehead atoms. The van der Waals surface area contributed by atoms with Crippen LogP contribution in [0.3, 0.4) is 0 Å². The van der Waals surface area contributed by atoms with Gasteiger partial charge in [-0.05, 0) is 31.2 Å². The van der Waals surface area contributed by atoms with Gasteiger partial charge < -0.3 is 15.4 Å². The summed E-state index contributed by atoms with van der Waals surface area (Å²) in [6.07, 6.45) is 0. The number of benzene rings is 2. The largest absolute Gasteiger partial charge is 0.492 e. The summed E-state index contributed by atoms with van der Waals surface area (Å²) in [6, 6.07) is 13.1. The smallest absolute Gasteiger partial charge is 0.234 e. The van der Waals surface area contributed by atoms with Gasteiger partial charge in [0.15, 0.2) is 0 Å². The first-order valence-corrected chi connectivity index (χ1v) is 8.89. The Labute approximate surface area is 150 Å². The molecular formula is C18H19FN2O3S. The number of carbonyl (C=O) groups is 2. The van der Waals surface area contributed by atoms with Crippen molar-refractivity contribution in [2.75, 3.05) is 28.7 Å². The van der Waals surface area contributed by atoms with E-state index >= 15 is 0 Å². The first kappa shape index (κ1) is 18.8. The molecule has 0 aliphatic carbocycles. The Morgan fingerprint density at radius 2 is 1.52 bits per heavy atom. The van der Waals surface area contributed by atoms with Crippen molar-refractivity contribution in [2.45, 2.75) is 6.92 Å². The number of anilines is 2. The molecule has 0 aliphatic rings. The van der Waals surface area contributed by atoms with Gasteiger partial charge >= 0.3 is 0 Å². The van der Waals surface area contributed by atoms with Crippen molar-refractivity contribution in [1.29, 1.82) is 0 Å². The molecule has 0 heterocycles. The molecule has 2 aromatic rings. The van der Waals surface area contributed by atoms with Gasteiger partial charge in [0.05, 0.1) is 29.5 Å². The predicted molar refractivity (Wildman–Crippen MR) is 98.6 cm³/mol. The maximum absolute atomic E-state index is 13.4. The van der Waals surface area contributed by atoms with Crippen LogP contribution in [0.2, 0.25) is 0 Å². The summed E-state index contributed by atoms with van der Waals surface area (Å²) >= 11 is 1.15. The Hall–Kier alpha value is -2.54. The van der Waals surface area contributed by atoms with Gasteiger partial charge in [-0.25, -0.2) is 4.39 Å². The highest BCUT2D eigenvalue weighted by Crippen LogP contribution is 2.23. The van der Waals surface area contributed by atoms with Gasteiger partial charge in [0.1, 0.15) is 11.6 Å². The highest BCUT2D eigenvalue weighted by Gasteiger charge is 2.10. The molecule has 2 amide bonds. The summed E-state index contributed by atoms with van der Waals surface area (Å²) in [5, 5.41) is 5.22. The molecule has 25 heavy (non-hydrogen) atoms. The van der Waals surface area contributed by atoms with Gasteiger partial charge in [0.25, 0.3) is 0 Å². The summed E-state index contributed by atoms with van der Waals surface area (Å²) in [5.41, 5.74) is 0.717. The first-order chi connectivity index (χ1) is 12.1. The maximum Gasteiger partial charge on any atom is 0.234 e. The first-order valence-electron chi connectivity index (χ1n) is 7.74. The number of amides is 2. The fraction of sp³-hybridized carbons (Fsp3) is 0.222. The van der Waals surface area contributed by atoms with Crippen LogP contribution in [-0.2, 0) is 9.59 Å². The third-order valence-electron chi connectivity index (χ3n) is 3.08. The lowest BCUT2D eigenvalue weighted by atomic mass is 10.3. The van der Waals surface area contributed by atoms with Crippen molar-refractivity contribution < 1.29 is 18.7 Å². The summed E-state index contributed by atoms with van der Waals surface area (Å²) in [7, 11) is 0. The molecule has 2 N–H and O–H groups in total. The van der Waals surface area contributed by atoms with Gasteiger partial charge in [-0.15, -0.1) is 11.8 Å². The second kappa shape index (κ2) is 9.68. The Morgan fingerprint density at radius 3 is 2.16 bits per heavy atom. The molecule has 2 aromatic carbocycles. The van der Waals surface area contributed by atoms with Crippen LogP contribution in [0.5, 0.6) is 5.75 Å². The summed E-state index contributed by atoms with van der Waals surface area (Å²) in [5.74, 6) is -0.347. The van der Waals surface area contributed by atoms with E-state index in [9.17, 15) is 14.0 Å². The fourth-order valence-corrected chi connectivity index (χ4v) is 2.64. The number of ether oxygens (including phenoxy) is 1. The topological polar surface area (TPSA) is 67.4 Å². The molecule has 0 spiro atoms. The molecule has 2 rings (SSSR count). The Kier molecular flexibility index (Phi) is 7.28. The molecule has 7 heteroatoms. The number of rotatable bonds is 8. The summed E-state index contributed by atoms with van der Waals surface area (Å²) in [6.45, 7) is 2.36. The summed E-state index contributed by atoms with van der Waals surface area (Å²) in [4.78, 5) is 23.8. The normalized spacial score (nSPS) is 10.2. The lowest BCUT2D eigenvalue weighted by molar-refractivity contribution is -0.114. The van der Waals surface area contributed by atoms with Crippen LogP contribution in [0.15, 0.2) is 48.5 Å². The van der Waals surface area contributed by atoms with Crippen molar-refractivity contribution >= 4 is 35.0 Å². The fourth-order valence-electron chi connectivity index (χ4n) is 2.02. The molecular weight excluding hydrogens is 343 g/mol. The molecule has 0 saturated carbocycles. The monoisotopic (exact) mass is 362 g/mol. The molecule has 0 aliphatic heterocycles. The second-order valence-corrected chi connectivity index (χ2v) is 5.98. The van der Waals surface area contributed by atoms with Crippen LogP contribution in [0, 0.1) is 5.82 Å². The van der Waals surface area contributed by atoms with E-state index in [1.807, 2.05) is 13.0 Å². The van der Waals surface area contributed by atoms with Crippen LogP contribution in [0.1, 0.15) is 6.92 Å². The van der Waals surface area contributed by atoms with Crippen molar-refractivity contribution in [2.24, 2.45) is 0 Å². The quantitative estimate of drug-likeness (QED) is 0.754. The van der Waals surface area contributed by atoms with Crippen LogP contribution in [-0.4, -0.2) is 29.9 Å². The molecule has 0 fully saturated rings. The Morgan fingerprint density at radius 1 is 0.960 bits per heavy atom. The number of hydrogen-bond acceptors (Lipinski definition) is 4. The third kappa shape index (κ3) is 6.11. The van der Waals surface area contributed by atoms with Gasteiger partial charge in [-0.3, -0.25) is 9.59 Å². The third-order valence-corrected chi connectivity index (χ3v) is 4.01. The number of nitrogens with one attached hydrogen (secondary N) is 2. The standard InChI is InChI=1S/C18H19FN2O3S/c1-2-24-16-10-6-5-9-15(16)21-18(23)12-25-11-17(22)20-14-8-4-3-7-13(14)19/h3-10H,2,11-12H2,1H3,(H,20,22)(H,21,23). The van der Waals surface area contributed by atoms with E-state index in [0.29, 0.717) is 18.0 Å². The van der Waals surface area contributed by atoms with Gasteiger partial charge in [-0.1, -0.05) is 24.3 Å². The van der Waals surface area contributed by atoms with Crippen LogP contribution in [0.4, 0.5) is 15.8 Å². The van der Waals surface area contributed by atoms with Crippen molar-refractivity contribution in [3.8, 4) is 5.75 Å². The minimum absolute atomic E-state index is 0.0505. The zero-order valence-corrected chi connectivity index (χ0v) is 14.6. The highest BCUT2D eigenvalue weighted by molar-refractivity contribution is 8.00. The zero-order valence-electron chi connectivity index (χ0n) is 13.8. The summed E-state index contributed by atoms with van der Waals surface area (Å²) < 4.78 is 18.9. The number of halogens is 1. The van der Waals surface area contributed by atoms with E-state index in [0.717, 1.165) is 11.8 Å². The number of para-hydroxylation sites is 3. The minimum Gasteiger partial charge on any atom is -0.492 e. The number of carbonyl (C=O) groups excluding carboxylic acids is 2. The van der Waals surface area contributed by atoms with Crippen molar-refractivity contribution in [3.63, 3.8) is 0 Å². The van der Waals surface area contributed by atoms with Gasteiger partial charge in [0.2, 0.25) is 11.8 Å². The van der Waals surface area contributed by atoms with E-state index in [-0.39, 0.29) is 29.0 Å². The highest BCUT2D eigenvalue weighted by atomic mass is 32.2. The molecule has 132 valence electrons. The molecule has 0 saturated heterocycles. The molecule has 5 nitrogen and oxygen atoms in total. The lowest BCUT2D eigenvalue weighted by Gasteiger charge is -2.11. The predicted octanol–water partition coefficient (Wildman–Crippen LogP) is 3.53. The van der Waals surface area contributed by atoms with E-state index < -0.39 is 5.82 Å². The Balaban J connectivity index is 1.77. The molecule has 0 aromatic heterocycles. The van der Waals surface area contributed by atoms with Crippen LogP contribution in [0.25, 0.3) is 0 Å². The van der Waals surface area contributed by atoms with Gasteiger partial charge in [-0.2, -0.15) is 0 Å². The van der Waals surface area contributed by atoms with E-state index in [1.165, 1.54) is 12.1 Å². The Bertz CT molecular complexity index is 740. The van der Waals surface area contributed by atoms with Crippen LogP contribution < -0.4 is 15.4 Å². The van der Waals surface area contributed by atoms with Crippen molar-refractivity contribution in [1.82, 2.24) is 0 Å². The second-order valence-electron chi connectivity index (χ2n) is 5.00. The zero-order chi connectivity index (χ0) is 18.1. The van der Waals surface area contributed by atoms with E-state index in [2.05, 4.69) is 10.6 Å². The minimum atomic E-state index is -0.494.